The first-order valence-corrected chi connectivity index (χ1v) is 7.08. The minimum atomic E-state index is -0.922. The molecule has 20 heavy (non-hydrogen) atoms. The number of nitrogens with one attached hydrogen (secondary N) is 1. The smallest absolute Gasteiger partial charge is 0.337 e. The van der Waals surface area contributed by atoms with Gasteiger partial charge in [-0.25, -0.2) is 4.79 Å². The number of hydrogen-bond acceptors (Lipinski definition) is 4. The van der Waals surface area contributed by atoms with Gasteiger partial charge in [0.25, 0.3) is 0 Å². The molecule has 1 aromatic carbocycles. The number of rotatable bonds is 7. The van der Waals surface area contributed by atoms with E-state index >= 15 is 0 Å². The van der Waals surface area contributed by atoms with Gasteiger partial charge in [0.15, 0.2) is 0 Å². The first kappa shape index (κ1) is 14.7. The van der Waals surface area contributed by atoms with Crippen molar-refractivity contribution in [1.29, 1.82) is 0 Å². The van der Waals surface area contributed by atoms with Crippen LogP contribution in [0.4, 0.5) is 5.69 Å². The summed E-state index contributed by atoms with van der Waals surface area (Å²) >= 11 is 0. The maximum atomic E-state index is 11.2. The number of anilines is 1. The van der Waals surface area contributed by atoms with Crippen molar-refractivity contribution in [1.82, 2.24) is 4.90 Å². The largest absolute Gasteiger partial charge is 0.497 e. The van der Waals surface area contributed by atoms with Crippen LogP contribution in [0.25, 0.3) is 0 Å². The first-order valence-electron chi connectivity index (χ1n) is 7.08. The van der Waals surface area contributed by atoms with Crippen LogP contribution in [0, 0.1) is 0 Å². The molecule has 1 saturated heterocycles. The molecule has 1 heterocycles. The second-order valence-electron chi connectivity index (χ2n) is 5.05. The molecule has 1 fully saturated rings. The molecule has 0 aromatic heterocycles. The molecule has 1 aliphatic rings. The highest BCUT2D eigenvalue weighted by atomic mass is 16.5. The van der Waals surface area contributed by atoms with Crippen molar-refractivity contribution in [3.8, 4) is 5.75 Å². The molecule has 0 atom stereocenters. The summed E-state index contributed by atoms with van der Waals surface area (Å²) < 4.78 is 5.14. The monoisotopic (exact) mass is 278 g/mol. The van der Waals surface area contributed by atoms with Crippen LogP contribution in [0.15, 0.2) is 18.2 Å². The second-order valence-corrected chi connectivity index (χ2v) is 5.05. The van der Waals surface area contributed by atoms with Gasteiger partial charge in [-0.3, -0.25) is 0 Å². The van der Waals surface area contributed by atoms with Crippen molar-refractivity contribution in [3.05, 3.63) is 23.8 Å². The van der Waals surface area contributed by atoms with Gasteiger partial charge in [-0.2, -0.15) is 0 Å². The fourth-order valence-corrected chi connectivity index (χ4v) is 2.52. The summed E-state index contributed by atoms with van der Waals surface area (Å²) in [5.41, 5.74) is 0.908. The summed E-state index contributed by atoms with van der Waals surface area (Å²) in [6.07, 6.45) is 3.61. The maximum Gasteiger partial charge on any atom is 0.337 e. The highest BCUT2D eigenvalue weighted by molar-refractivity contribution is 5.94. The zero-order chi connectivity index (χ0) is 14.4. The van der Waals surface area contributed by atoms with Gasteiger partial charge in [0, 0.05) is 12.6 Å². The van der Waals surface area contributed by atoms with Crippen LogP contribution in [-0.2, 0) is 0 Å². The Kier molecular flexibility index (Phi) is 5.24. The van der Waals surface area contributed by atoms with Gasteiger partial charge in [-0.05, 0) is 51.0 Å². The molecule has 0 saturated carbocycles. The SMILES string of the molecule is COc1ccc(C(=O)O)c(NCCCN2CCCC2)c1. The standard InChI is InChI=1S/C15H22N2O3/c1-20-12-5-6-13(15(18)19)14(11-12)16-7-4-10-17-8-2-3-9-17/h5-6,11,16H,2-4,7-10H2,1H3,(H,18,19). The molecule has 1 aliphatic heterocycles. The quantitative estimate of drug-likeness (QED) is 0.749. The number of carbonyl (C=O) groups is 1. The van der Waals surface area contributed by atoms with Crippen LogP contribution in [0.5, 0.6) is 5.75 Å². The topological polar surface area (TPSA) is 61.8 Å². The third-order valence-corrected chi connectivity index (χ3v) is 3.62. The number of likely N-dealkylation sites (tertiary alicyclic amines) is 1. The highest BCUT2D eigenvalue weighted by Crippen LogP contribution is 2.22. The van der Waals surface area contributed by atoms with Gasteiger partial charge in [0.1, 0.15) is 5.75 Å². The molecule has 0 spiro atoms. The van der Waals surface area contributed by atoms with Gasteiger partial charge >= 0.3 is 5.97 Å². The summed E-state index contributed by atoms with van der Waals surface area (Å²) in [6, 6.07) is 4.97. The Hall–Kier alpha value is -1.75. The zero-order valence-electron chi connectivity index (χ0n) is 11.9. The number of aromatic carboxylic acids is 1. The summed E-state index contributed by atoms with van der Waals surface area (Å²) in [6.45, 7) is 4.22. The number of nitrogens with zero attached hydrogens (tertiary/aromatic N) is 1. The Balaban J connectivity index is 1.88. The second kappa shape index (κ2) is 7.14. The van der Waals surface area contributed by atoms with Gasteiger partial charge in [0.2, 0.25) is 0 Å². The van der Waals surface area contributed by atoms with Crippen LogP contribution in [0.2, 0.25) is 0 Å². The van der Waals surface area contributed by atoms with E-state index in [1.54, 1.807) is 25.3 Å². The van der Waals surface area contributed by atoms with Crippen molar-refractivity contribution in [2.24, 2.45) is 0 Å². The lowest BCUT2D eigenvalue weighted by atomic mass is 10.1. The van der Waals surface area contributed by atoms with Crippen molar-refractivity contribution in [2.45, 2.75) is 19.3 Å². The van der Waals surface area contributed by atoms with E-state index in [1.807, 2.05) is 0 Å². The zero-order valence-corrected chi connectivity index (χ0v) is 11.9. The van der Waals surface area contributed by atoms with Crippen LogP contribution in [0.3, 0.4) is 0 Å². The molecule has 5 nitrogen and oxygen atoms in total. The predicted molar refractivity (Wildman–Crippen MR) is 78.7 cm³/mol. The molecular weight excluding hydrogens is 256 g/mol. The predicted octanol–water partition coefficient (Wildman–Crippen LogP) is 2.29. The fourth-order valence-electron chi connectivity index (χ4n) is 2.52. The van der Waals surface area contributed by atoms with Gasteiger partial charge in [-0.15, -0.1) is 0 Å². The first-order chi connectivity index (χ1) is 9.70. The Morgan fingerprint density at radius 1 is 1.40 bits per heavy atom. The average Bonchev–Trinajstić information content (AvgIpc) is 2.96. The minimum absolute atomic E-state index is 0.284. The molecule has 110 valence electrons. The lowest BCUT2D eigenvalue weighted by Crippen LogP contribution is -2.22. The van der Waals surface area contributed by atoms with E-state index in [0.29, 0.717) is 11.4 Å². The summed E-state index contributed by atoms with van der Waals surface area (Å²) in [4.78, 5) is 13.6. The van der Waals surface area contributed by atoms with Crippen molar-refractivity contribution in [3.63, 3.8) is 0 Å². The number of ether oxygens (including phenoxy) is 1. The summed E-state index contributed by atoms with van der Waals surface area (Å²) in [7, 11) is 1.58. The molecular formula is C15H22N2O3. The average molecular weight is 278 g/mol. The molecule has 0 bridgehead atoms. The lowest BCUT2D eigenvalue weighted by molar-refractivity contribution is 0.0698. The van der Waals surface area contributed by atoms with E-state index < -0.39 is 5.97 Å². The Labute approximate surface area is 119 Å². The van der Waals surface area contributed by atoms with Crippen LogP contribution >= 0.6 is 0 Å². The summed E-state index contributed by atoms with van der Waals surface area (Å²) in [5, 5.41) is 12.4. The highest BCUT2D eigenvalue weighted by Gasteiger charge is 2.12. The molecule has 2 N–H and O–H groups in total. The Bertz CT molecular complexity index is 456. The Morgan fingerprint density at radius 2 is 2.15 bits per heavy atom. The number of hydrogen-bond donors (Lipinski definition) is 2. The van der Waals surface area contributed by atoms with E-state index in [-0.39, 0.29) is 5.56 Å². The van der Waals surface area contributed by atoms with E-state index in [0.717, 1.165) is 19.5 Å². The van der Waals surface area contributed by atoms with Crippen molar-refractivity contribution >= 4 is 11.7 Å². The summed E-state index contributed by atoms with van der Waals surface area (Å²) in [5.74, 6) is -0.258. The molecule has 1 aromatic rings. The van der Waals surface area contributed by atoms with Crippen molar-refractivity contribution < 1.29 is 14.6 Å². The normalized spacial score (nSPS) is 15.2. The molecule has 0 amide bonds. The van der Waals surface area contributed by atoms with Crippen molar-refractivity contribution in [2.75, 3.05) is 38.6 Å². The van der Waals surface area contributed by atoms with Crippen LogP contribution < -0.4 is 10.1 Å². The van der Waals surface area contributed by atoms with Crippen LogP contribution in [-0.4, -0.2) is 49.3 Å². The molecule has 5 heteroatoms. The van der Waals surface area contributed by atoms with E-state index in [2.05, 4.69) is 10.2 Å². The van der Waals surface area contributed by atoms with E-state index in [9.17, 15) is 4.79 Å². The lowest BCUT2D eigenvalue weighted by Gasteiger charge is -2.15. The molecule has 2 rings (SSSR count). The maximum absolute atomic E-state index is 11.2. The van der Waals surface area contributed by atoms with E-state index in [4.69, 9.17) is 9.84 Å². The van der Waals surface area contributed by atoms with Gasteiger partial charge < -0.3 is 20.1 Å². The molecule has 0 aliphatic carbocycles. The molecule has 0 unspecified atom stereocenters. The third kappa shape index (κ3) is 3.87. The fraction of sp³-hybridized carbons (Fsp3) is 0.533. The number of carboxylic acid groups (broad SMARTS) is 1. The van der Waals surface area contributed by atoms with E-state index in [1.165, 1.54) is 25.9 Å². The van der Waals surface area contributed by atoms with Gasteiger partial charge in [0.05, 0.1) is 18.4 Å². The number of methoxy groups -OCH3 is 1. The number of benzene rings is 1. The molecule has 0 radical (unpaired) electrons. The number of carboxylic acids is 1. The minimum Gasteiger partial charge on any atom is -0.497 e. The van der Waals surface area contributed by atoms with Crippen LogP contribution in [0.1, 0.15) is 29.6 Å². The third-order valence-electron chi connectivity index (χ3n) is 3.62. The van der Waals surface area contributed by atoms with Gasteiger partial charge in [-0.1, -0.05) is 0 Å². The Morgan fingerprint density at radius 3 is 2.80 bits per heavy atom.